The van der Waals surface area contributed by atoms with Gasteiger partial charge in [-0.3, -0.25) is 9.88 Å². The molecule has 6 nitrogen and oxygen atoms in total. The van der Waals surface area contributed by atoms with Gasteiger partial charge in [-0.25, -0.2) is 4.79 Å². The van der Waals surface area contributed by atoms with Crippen LogP contribution in [0.25, 0.3) is 0 Å². The van der Waals surface area contributed by atoms with Gasteiger partial charge in [-0.15, -0.1) is 0 Å². The summed E-state index contributed by atoms with van der Waals surface area (Å²) in [6.45, 7) is 7.83. The van der Waals surface area contributed by atoms with Crippen LogP contribution in [0.2, 0.25) is 0 Å². The number of nitrogens with one attached hydrogen (secondary N) is 1. The summed E-state index contributed by atoms with van der Waals surface area (Å²) in [7, 11) is 0. The van der Waals surface area contributed by atoms with Crippen LogP contribution in [-0.2, 0) is 0 Å². The van der Waals surface area contributed by atoms with Crippen molar-refractivity contribution >= 4 is 11.8 Å². The minimum Gasteiger partial charge on any atom is -0.408 e. The fourth-order valence-electron chi connectivity index (χ4n) is 2.65. The molecule has 1 atom stereocenters. The third kappa shape index (κ3) is 3.85. The second-order valence-corrected chi connectivity index (χ2v) is 6.32. The Kier molecular flexibility index (Phi) is 4.67. The Morgan fingerprint density at radius 2 is 2.29 bits per heavy atom. The molecule has 116 valence electrons. The first-order chi connectivity index (χ1) is 9.89. The number of carbonyl (C=O) groups is 1. The van der Waals surface area contributed by atoms with E-state index in [-0.39, 0.29) is 17.7 Å². The summed E-state index contributed by atoms with van der Waals surface area (Å²) < 4.78 is 5.48. The molecule has 1 saturated heterocycles. The van der Waals surface area contributed by atoms with Crippen molar-refractivity contribution < 1.29 is 9.53 Å². The van der Waals surface area contributed by atoms with Crippen LogP contribution in [0.5, 0.6) is 5.75 Å². The predicted octanol–water partition coefficient (Wildman–Crippen LogP) is 2.02. The zero-order valence-electron chi connectivity index (χ0n) is 12.9. The summed E-state index contributed by atoms with van der Waals surface area (Å²) in [5.41, 5.74) is 5.83. The van der Waals surface area contributed by atoms with Gasteiger partial charge in [0.25, 0.3) is 0 Å². The van der Waals surface area contributed by atoms with Crippen LogP contribution in [0.1, 0.15) is 33.6 Å². The highest BCUT2D eigenvalue weighted by atomic mass is 16.6. The first kappa shape index (κ1) is 15.6. The molecule has 1 amide bonds. The molecule has 0 bridgehead atoms. The number of pyridine rings is 1. The Bertz CT molecular complexity index is 493. The summed E-state index contributed by atoms with van der Waals surface area (Å²) in [6.07, 6.45) is 4.70. The molecule has 1 fully saturated rings. The Morgan fingerprint density at radius 3 is 2.86 bits per heavy atom. The van der Waals surface area contributed by atoms with Crippen LogP contribution < -0.4 is 15.8 Å². The minimum atomic E-state index is -0.367. The van der Waals surface area contributed by atoms with E-state index in [1.807, 2.05) is 20.8 Å². The molecule has 0 spiro atoms. The normalized spacial score (nSPS) is 19.1. The highest BCUT2D eigenvalue weighted by molar-refractivity contribution is 5.74. The van der Waals surface area contributed by atoms with Gasteiger partial charge in [0.15, 0.2) is 5.75 Å². The maximum atomic E-state index is 12.6. The van der Waals surface area contributed by atoms with Crippen molar-refractivity contribution in [2.75, 3.05) is 18.8 Å². The Morgan fingerprint density at radius 1 is 1.52 bits per heavy atom. The quantitative estimate of drug-likeness (QED) is 0.871. The molecule has 21 heavy (non-hydrogen) atoms. The van der Waals surface area contributed by atoms with Crippen molar-refractivity contribution in [1.29, 1.82) is 0 Å². The maximum Gasteiger partial charge on any atom is 0.416 e. The highest BCUT2D eigenvalue weighted by Gasteiger charge is 2.35. The molecular weight excluding hydrogens is 268 g/mol. The van der Waals surface area contributed by atoms with E-state index < -0.39 is 0 Å². The van der Waals surface area contributed by atoms with E-state index in [2.05, 4.69) is 10.3 Å². The zero-order valence-corrected chi connectivity index (χ0v) is 12.9. The summed E-state index contributed by atoms with van der Waals surface area (Å²) in [5.74, 6) is 0.355. The molecule has 0 unspecified atom stereocenters. The van der Waals surface area contributed by atoms with E-state index >= 15 is 0 Å². The standard InChI is InChI=1S/C15H24N4O2/c1-15(2,3)19(11-5-4-7-17-9-11)14(20)21-13-6-8-18-10-12(13)16/h6,8,10-11,17H,4-5,7,9,16H2,1-3H3/t11-/m0/s1. The van der Waals surface area contributed by atoms with Crippen molar-refractivity contribution in [3.63, 3.8) is 0 Å². The van der Waals surface area contributed by atoms with Gasteiger partial charge in [0.05, 0.1) is 11.9 Å². The summed E-state index contributed by atoms with van der Waals surface area (Å²) in [6, 6.07) is 1.74. The Hall–Kier alpha value is -1.82. The van der Waals surface area contributed by atoms with Crippen LogP contribution in [-0.4, -0.2) is 40.6 Å². The van der Waals surface area contributed by atoms with Crippen molar-refractivity contribution in [1.82, 2.24) is 15.2 Å². The number of carbonyl (C=O) groups excluding carboxylic acids is 1. The van der Waals surface area contributed by atoms with Gasteiger partial charge in [0, 0.05) is 30.4 Å². The second kappa shape index (κ2) is 6.30. The number of amides is 1. The van der Waals surface area contributed by atoms with E-state index in [0.29, 0.717) is 11.4 Å². The van der Waals surface area contributed by atoms with Gasteiger partial charge >= 0.3 is 6.09 Å². The van der Waals surface area contributed by atoms with E-state index in [9.17, 15) is 4.79 Å². The summed E-state index contributed by atoms with van der Waals surface area (Å²) >= 11 is 0. The van der Waals surface area contributed by atoms with E-state index in [4.69, 9.17) is 10.5 Å². The monoisotopic (exact) mass is 292 g/mol. The molecule has 0 aromatic carbocycles. The highest BCUT2D eigenvalue weighted by Crippen LogP contribution is 2.25. The number of nitrogen functional groups attached to an aromatic ring is 1. The lowest BCUT2D eigenvalue weighted by Gasteiger charge is -2.42. The van der Waals surface area contributed by atoms with Crippen molar-refractivity contribution in [2.24, 2.45) is 0 Å². The third-order valence-electron chi connectivity index (χ3n) is 3.56. The number of hydrogen-bond acceptors (Lipinski definition) is 5. The van der Waals surface area contributed by atoms with Gasteiger partial charge in [0.1, 0.15) is 0 Å². The molecule has 6 heteroatoms. The van der Waals surface area contributed by atoms with Gasteiger partial charge in [-0.2, -0.15) is 0 Å². The van der Waals surface area contributed by atoms with E-state index in [0.717, 1.165) is 25.9 Å². The number of hydrogen-bond donors (Lipinski definition) is 2. The van der Waals surface area contributed by atoms with Crippen LogP contribution >= 0.6 is 0 Å². The third-order valence-corrected chi connectivity index (χ3v) is 3.56. The summed E-state index contributed by atoms with van der Waals surface area (Å²) in [5, 5.41) is 3.33. The molecule has 3 N–H and O–H groups in total. The Labute approximate surface area is 125 Å². The fraction of sp³-hybridized carbons (Fsp3) is 0.600. The van der Waals surface area contributed by atoms with Crippen molar-refractivity contribution in [2.45, 2.75) is 45.2 Å². The van der Waals surface area contributed by atoms with Crippen molar-refractivity contribution in [3.05, 3.63) is 18.5 Å². The lowest BCUT2D eigenvalue weighted by atomic mass is 9.99. The number of nitrogens with zero attached hydrogens (tertiary/aromatic N) is 2. The molecular formula is C15H24N4O2. The predicted molar refractivity (Wildman–Crippen MR) is 82.2 cm³/mol. The maximum absolute atomic E-state index is 12.6. The average molecular weight is 292 g/mol. The smallest absolute Gasteiger partial charge is 0.408 e. The van der Waals surface area contributed by atoms with Crippen LogP contribution in [0.3, 0.4) is 0 Å². The largest absolute Gasteiger partial charge is 0.416 e. The number of piperidine rings is 1. The number of rotatable bonds is 2. The Balaban J connectivity index is 2.16. The molecule has 0 saturated carbocycles. The number of ether oxygens (including phenoxy) is 1. The zero-order chi connectivity index (χ0) is 15.5. The summed E-state index contributed by atoms with van der Waals surface area (Å²) in [4.78, 5) is 18.3. The van der Waals surface area contributed by atoms with Gasteiger partial charge in [-0.1, -0.05) is 0 Å². The first-order valence-corrected chi connectivity index (χ1v) is 7.31. The molecule has 2 heterocycles. The van der Waals surface area contributed by atoms with Gasteiger partial charge in [-0.05, 0) is 40.2 Å². The van der Waals surface area contributed by atoms with Gasteiger partial charge < -0.3 is 15.8 Å². The van der Waals surface area contributed by atoms with Crippen molar-refractivity contribution in [3.8, 4) is 5.75 Å². The minimum absolute atomic E-state index is 0.134. The lowest BCUT2D eigenvalue weighted by molar-refractivity contribution is 0.0666. The lowest BCUT2D eigenvalue weighted by Crippen LogP contribution is -2.57. The first-order valence-electron chi connectivity index (χ1n) is 7.31. The molecule has 0 aliphatic carbocycles. The number of aromatic nitrogens is 1. The average Bonchev–Trinajstić information content (AvgIpc) is 2.41. The topological polar surface area (TPSA) is 80.5 Å². The van der Waals surface area contributed by atoms with Crippen LogP contribution in [0.4, 0.5) is 10.5 Å². The molecule has 1 aromatic heterocycles. The SMILES string of the molecule is CC(C)(C)N(C(=O)Oc1ccncc1N)[C@H]1CCCNC1. The number of anilines is 1. The van der Waals surface area contributed by atoms with E-state index in [1.54, 1.807) is 17.2 Å². The second-order valence-electron chi connectivity index (χ2n) is 6.32. The van der Waals surface area contributed by atoms with E-state index in [1.165, 1.54) is 6.20 Å². The van der Waals surface area contributed by atoms with Gasteiger partial charge in [0.2, 0.25) is 0 Å². The van der Waals surface area contributed by atoms with Crippen LogP contribution in [0, 0.1) is 0 Å². The molecule has 1 aromatic rings. The fourth-order valence-corrected chi connectivity index (χ4v) is 2.65. The molecule has 1 aliphatic heterocycles. The molecule has 0 radical (unpaired) electrons. The molecule has 1 aliphatic rings. The molecule has 2 rings (SSSR count). The van der Waals surface area contributed by atoms with Crippen LogP contribution in [0.15, 0.2) is 18.5 Å². The number of nitrogens with two attached hydrogens (primary N) is 1.